The van der Waals surface area contributed by atoms with Gasteiger partial charge in [-0.25, -0.2) is 0 Å². The Morgan fingerprint density at radius 2 is 1.83 bits per heavy atom. The van der Waals surface area contributed by atoms with Crippen molar-refractivity contribution in [3.8, 4) is 11.5 Å². The molecule has 0 saturated carbocycles. The normalized spacial score (nSPS) is 10.7. The fourth-order valence-corrected chi connectivity index (χ4v) is 2.50. The lowest BCUT2D eigenvalue weighted by Crippen LogP contribution is -2.27. The minimum Gasteiger partial charge on any atom is -0.457 e. The van der Waals surface area contributed by atoms with E-state index in [1.54, 1.807) is 18.2 Å². The van der Waals surface area contributed by atoms with Crippen molar-refractivity contribution in [2.45, 2.75) is 6.54 Å². The Morgan fingerprint density at radius 3 is 2.52 bits per heavy atom. The molecule has 3 rings (SSSR count). The summed E-state index contributed by atoms with van der Waals surface area (Å²) in [6.45, 7) is 0.646. The predicted molar refractivity (Wildman–Crippen MR) is 89.2 cm³/mol. The van der Waals surface area contributed by atoms with E-state index in [4.69, 9.17) is 10.5 Å². The van der Waals surface area contributed by atoms with Gasteiger partial charge in [-0.05, 0) is 35.7 Å². The third-order valence-corrected chi connectivity index (χ3v) is 3.55. The Morgan fingerprint density at radius 1 is 1.04 bits per heavy atom. The van der Waals surface area contributed by atoms with Crippen LogP contribution in [0.25, 0.3) is 10.9 Å². The van der Waals surface area contributed by atoms with Crippen molar-refractivity contribution < 1.29 is 9.53 Å². The van der Waals surface area contributed by atoms with Gasteiger partial charge in [-0.1, -0.05) is 18.2 Å². The van der Waals surface area contributed by atoms with Crippen molar-refractivity contribution in [3.63, 3.8) is 0 Å². The van der Waals surface area contributed by atoms with E-state index in [0.29, 0.717) is 36.4 Å². The van der Waals surface area contributed by atoms with Crippen LogP contribution >= 0.6 is 0 Å². The predicted octanol–water partition coefficient (Wildman–Crippen LogP) is 2.57. The maximum atomic E-state index is 12.3. The van der Waals surface area contributed by atoms with Gasteiger partial charge in [0.15, 0.2) is 6.29 Å². The molecule has 2 aromatic carbocycles. The zero-order valence-electron chi connectivity index (χ0n) is 12.4. The lowest BCUT2D eigenvalue weighted by atomic mass is 10.1. The molecule has 0 aliphatic rings. The third kappa shape index (κ3) is 3.00. The highest BCUT2D eigenvalue weighted by Gasteiger charge is 2.10. The summed E-state index contributed by atoms with van der Waals surface area (Å²) < 4.78 is 7.31. The van der Waals surface area contributed by atoms with Crippen molar-refractivity contribution >= 4 is 17.2 Å². The summed E-state index contributed by atoms with van der Waals surface area (Å²) in [6.07, 6.45) is 0.573. The van der Waals surface area contributed by atoms with Crippen LogP contribution in [0.1, 0.15) is 10.4 Å². The number of fused-ring (bicyclic) bond motifs is 1. The quantitative estimate of drug-likeness (QED) is 0.735. The number of aldehydes is 1. The summed E-state index contributed by atoms with van der Waals surface area (Å²) >= 11 is 0. The average Bonchev–Trinajstić information content (AvgIpc) is 2.58. The molecule has 23 heavy (non-hydrogen) atoms. The number of para-hydroxylation sites is 1. The van der Waals surface area contributed by atoms with E-state index in [0.717, 1.165) is 5.39 Å². The Hall–Kier alpha value is -2.92. The van der Waals surface area contributed by atoms with E-state index in [9.17, 15) is 9.59 Å². The maximum absolute atomic E-state index is 12.3. The molecule has 0 amide bonds. The van der Waals surface area contributed by atoms with Gasteiger partial charge in [0.05, 0.1) is 11.1 Å². The molecule has 5 nitrogen and oxygen atoms in total. The molecule has 0 spiro atoms. The minimum atomic E-state index is -0.338. The zero-order valence-corrected chi connectivity index (χ0v) is 12.4. The highest BCUT2D eigenvalue weighted by Crippen LogP contribution is 2.25. The van der Waals surface area contributed by atoms with Crippen molar-refractivity contribution in [1.82, 2.24) is 4.57 Å². The van der Waals surface area contributed by atoms with E-state index >= 15 is 0 Å². The molecule has 5 heteroatoms. The lowest BCUT2D eigenvalue weighted by molar-refractivity contribution is 0.112. The summed E-state index contributed by atoms with van der Waals surface area (Å²) in [5, 5.41) is 0.792. The number of aromatic nitrogens is 1. The molecule has 0 radical (unpaired) electrons. The van der Waals surface area contributed by atoms with Gasteiger partial charge in [-0.3, -0.25) is 9.59 Å². The van der Waals surface area contributed by atoms with Crippen molar-refractivity contribution in [1.29, 1.82) is 0 Å². The first-order chi connectivity index (χ1) is 11.2. The molecular formula is C18H16N2O3. The number of hydrogen-bond donors (Lipinski definition) is 1. The molecule has 0 atom stereocenters. The summed E-state index contributed by atoms with van der Waals surface area (Å²) in [5.41, 5.74) is 6.08. The number of pyridine rings is 1. The van der Waals surface area contributed by atoms with Crippen molar-refractivity contribution in [3.05, 3.63) is 70.5 Å². The van der Waals surface area contributed by atoms with E-state index in [2.05, 4.69) is 0 Å². The van der Waals surface area contributed by atoms with Crippen LogP contribution in [-0.2, 0) is 6.54 Å². The van der Waals surface area contributed by atoms with E-state index in [1.807, 2.05) is 36.4 Å². The van der Waals surface area contributed by atoms with Crippen LogP contribution in [-0.4, -0.2) is 17.4 Å². The van der Waals surface area contributed by atoms with Crippen LogP contribution in [0.5, 0.6) is 11.5 Å². The second kappa shape index (κ2) is 6.46. The number of hydrogen-bond acceptors (Lipinski definition) is 4. The number of carbonyl (C=O) groups excluding carboxylic acids is 1. The first kappa shape index (κ1) is 15.0. The zero-order chi connectivity index (χ0) is 16.2. The Balaban J connectivity index is 2.12. The van der Waals surface area contributed by atoms with Gasteiger partial charge in [-0.15, -0.1) is 0 Å². The van der Waals surface area contributed by atoms with Gasteiger partial charge in [0, 0.05) is 19.2 Å². The van der Waals surface area contributed by atoms with Crippen molar-refractivity contribution in [2.24, 2.45) is 5.73 Å². The van der Waals surface area contributed by atoms with E-state index in [-0.39, 0.29) is 11.1 Å². The molecule has 0 aliphatic carbocycles. The first-order valence-corrected chi connectivity index (χ1v) is 7.28. The highest BCUT2D eigenvalue weighted by atomic mass is 16.5. The van der Waals surface area contributed by atoms with Gasteiger partial charge in [-0.2, -0.15) is 0 Å². The van der Waals surface area contributed by atoms with Gasteiger partial charge < -0.3 is 15.0 Å². The number of benzene rings is 2. The molecule has 0 fully saturated rings. The number of rotatable bonds is 5. The summed E-state index contributed by atoms with van der Waals surface area (Å²) in [6, 6.07) is 16.4. The average molecular weight is 308 g/mol. The van der Waals surface area contributed by atoms with Crippen LogP contribution in [0.15, 0.2) is 59.4 Å². The monoisotopic (exact) mass is 308 g/mol. The number of nitrogens with zero attached hydrogens (tertiary/aromatic N) is 1. The summed E-state index contributed by atoms with van der Waals surface area (Å²) in [7, 11) is 0. The van der Waals surface area contributed by atoms with Crippen LogP contribution < -0.4 is 16.0 Å². The summed E-state index contributed by atoms with van der Waals surface area (Å²) in [5.74, 6) is 1.33. The molecule has 0 bridgehead atoms. The highest BCUT2D eigenvalue weighted by molar-refractivity contribution is 5.87. The smallest absolute Gasteiger partial charge is 0.261 e. The lowest BCUT2D eigenvalue weighted by Gasteiger charge is -2.12. The van der Waals surface area contributed by atoms with Crippen molar-refractivity contribution in [2.75, 3.05) is 6.54 Å². The van der Waals surface area contributed by atoms with Gasteiger partial charge in [0.2, 0.25) is 0 Å². The van der Waals surface area contributed by atoms with Crippen LogP contribution in [0.3, 0.4) is 0 Å². The summed E-state index contributed by atoms with van der Waals surface area (Å²) in [4.78, 5) is 23.4. The molecule has 2 N–H and O–H groups in total. The molecule has 0 saturated heterocycles. The van der Waals surface area contributed by atoms with Gasteiger partial charge >= 0.3 is 0 Å². The molecule has 116 valence electrons. The molecule has 0 aliphatic heterocycles. The van der Waals surface area contributed by atoms with Gasteiger partial charge in [0.1, 0.15) is 11.5 Å². The second-order valence-electron chi connectivity index (χ2n) is 5.10. The number of carbonyl (C=O) groups is 1. The fraction of sp³-hybridized carbons (Fsp3) is 0.111. The minimum absolute atomic E-state index is 0.127. The maximum Gasteiger partial charge on any atom is 0.261 e. The molecule has 3 aromatic rings. The largest absolute Gasteiger partial charge is 0.457 e. The molecular weight excluding hydrogens is 292 g/mol. The second-order valence-corrected chi connectivity index (χ2v) is 5.10. The third-order valence-electron chi connectivity index (χ3n) is 3.55. The topological polar surface area (TPSA) is 74.3 Å². The first-order valence-electron chi connectivity index (χ1n) is 7.28. The standard InChI is InChI=1S/C18H16N2O3/c19-8-9-20-17-11-16(23-15-4-2-1-3-5-15)7-6-13(17)10-14(12-21)18(20)22/h1-7,10-12H,8-9,19H2. The van der Waals surface area contributed by atoms with E-state index in [1.165, 1.54) is 4.57 Å². The Labute approximate surface area is 132 Å². The van der Waals surface area contributed by atoms with Crippen LogP contribution in [0, 0.1) is 0 Å². The van der Waals surface area contributed by atoms with Crippen LogP contribution in [0.4, 0.5) is 0 Å². The number of nitrogens with two attached hydrogens (primary N) is 1. The van der Waals surface area contributed by atoms with Crippen LogP contribution in [0.2, 0.25) is 0 Å². The molecule has 1 heterocycles. The number of ether oxygens (including phenoxy) is 1. The SMILES string of the molecule is NCCn1c(=O)c(C=O)cc2ccc(Oc3ccccc3)cc21. The fourth-order valence-electron chi connectivity index (χ4n) is 2.50. The Bertz CT molecular complexity index is 901. The van der Waals surface area contributed by atoms with Gasteiger partial charge in [0.25, 0.3) is 5.56 Å². The molecule has 1 aromatic heterocycles. The Kier molecular flexibility index (Phi) is 4.21. The van der Waals surface area contributed by atoms with E-state index < -0.39 is 0 Å². The molecule has 0 unspecified atom stereocenters.